The molecular weight excluding hydrogens is 362 g/mol. The van der Waals surface area contributed by atoms with E-state index in [9.17, 15) is 22.4 Å². The lowest BCUT2D eigenvalue weighted by Crippen LogP contribution is -3.15. The van der Waals surface area contributed by atoms with Crippen molar-refractivity contribution in [2.75, 3.05) is 42.9 Å². The largest absolute Gasteiger partial charge is 0.416 e. The number of amides is 1. The summed E-state index contributed by atoms with van der Waals surface area (Å²) in [6, 6.07) is 11.0. The molecule has 27 heavy (non-hydrogen) atoms. The molecule has 0 unspecified atom stereocenters. The Balaban J connectivity index is 1.52. The van der Waals surface area contributed by atoms with E-state index >= 15 is 0 Å². The smallest absolute Gasteiger partial charge is 0.360 e. The Kier molecular flexibility index (Phi) is 5.65. The minimum absolute atomic E-state index is 0.219. The third kappa shape index (κ3) is 5.19. The van der Waals surface area contributed by atoms with Crippen molar-refractivity contribution in [3.8, 4) is 0 Å². The van der Waals surface area contributed by atoms with E-state index < -0.39 is 17.6 Å². The standard InChI is InChI=1S/C19H19F4N3O/c20-15-4-2-5-16(12-15)24-18(27)13-25-7-9-26(10-8-25)17-6-1-3-14(11-17)19(21,22)23/h1-6,11-12H,7-10,13H2,(H,24,27)/p+1. The third-order valence-corrected chi connectivity index (χ3v) is 4.53. The van der Waals surface area contributed by atoms with Gasteiger partial charge in [-0.3, -0.25) is 4.79 Å². The van der Waals surface area contributed by atoms with Crippen LogP contribution in [0, 0.1) is 5.82 Å². The van der Waals surface area contributed by atoms with E-state index in [0.717, 1.165) is 17.0 Å². The maximum atomic E-state index is 13.2. The molecular formula is C19H20F4N3O+. The fourth-order valence-corrected chi connectivity index (χ4v) is 3.14. The molecule has 0 spiro atoms. The molecule has 0 saturated carbocycles. The quantitative estimate of drug-likeness (QED) is 0.796. The summed E-state index contributed by atoms with van der Waals surface area (Å²) in [5.74, 6) is -0.641. The zero-order valence-electron chi connectivity index (χ0n) is 14.5. The minimum atomic E-state index is -4.36. The van der Waals surface area contributed by atoms with Crippen molar-refractivity contribution >= 4 is 17.3 Å². The number of quaternary nitrogens is 1. The zero-order valence-corrected chi connectivity index (χ0v) is 14.5. The van der Waals surface area contributed by atoms with Crippen LogP contribution in [0.5, 0.6) is 0 Å². The van der Waals surface area contributed by atoms with Gasteiger partial charge in [-0.2, -0.15) is 13.2 Å². The monoisotopic (exact) mass is 382 g/mol. The van der Waals surface area contributed by atoms with E-state index in [1.54, 1.807) is 12.1 Å². The highest BCUT2D eigenvalue weighted by molar-refractivity contribution is 5.91. The average molecular weight is 382 g/mol. The molecule has 4 nitrogen and oxygen atoms in total. The molecule has 8 heteroatoms. The number of carbonyl (C=O) groups excluding carboxylic acids is 1. The van der Waals surface area contributed by atoms with Crippen LogP contribution >= 0.6 is 0 Å². The van der Waals surface area contributed by atoms with Gasteiger partial charge in [0.15, 0.2) is 6.54 Å². The van der Waals surface area contributed by atoms with E-state index in [1.807, 2.05) is 4.90 Å². The van der Waals surface area contributed by atoms with Crippen LogP contribution in [0.15, 0.2) is 48.5 Å². The Bertz CT molecular complexity index is 802. The molecule has 1 amide bonds. The molecule has 1 fully saturated rings. The highest BCUT2D eigenvalue weighted by Gasteiger charge is 2.31. The normalized spacial score (nSPS) is 15.6. The number of piperazine rings is 1. The van der Waals surface area contributed by atoms with Gasteiger partial charge >= 0.3 is 6.18 Å². The van der Waals surface area contributed by atoms with E-state index in [4.69, 9.17) is 0 Å². The van der Waals surface area contributed by atoms with Crippen LogP contribution in [0.4, 0.5) is 28.9 Å². The van der Waals surface area contributed by atoms with Gasteiger partial charge in [0.1, 0.15) is 5.82 Å². The number of rotatable bonds is 4. The number of nitrogens with zero attached hydrogens (tertiary/aromatic N) is 1. The van der Waals surface area contributed by atoms with Gasteiger partial charge in [0.25, 0.3) is 5.91 Å². The molecule has 0 aliphatic carbocycles. The number of hydrogen-bond donors (Lipinski definition) is 2. The summed E-state index contributed by atoms with van der Waals surface area (Å²) < 4.78 is 51.7. The molecule has 0 aromatic heterocycles. The van der Waals surface area contributed by atoms with Crippen LogP contribution in [0.3, 0.4) is 0 Å². The summed E-state index contributed by atoms with van der Waals surface area (Å²) in [5, 5.41) is 2.66. The van der Waals surface area contributed by atoms with Crippen molar-refractivity contribution in [2.45, 2.75) is 6.18 Å². The fraction of sp³-hybridized carbons (Fsp3) is 0.316. The number of benzene rings is 2. The predicted molar refractivity (Wildman–Crippen MR) is 94.3 cm³/mol. The van der Waals surface area contributed by atoms with Crippen molar-refractivity contribution in [3.63, 3.8) is 0 Å². The van der Waals surface area contributed by atoms with Crippen molar-refractivity contribution in [2.24, 2.45) is 0 Å². The van der Waals surface area contributed by atoms with E-state index in [2.05, 4.69) is 5.32 Å². The van der Waals surface area contributed by atoms with Crippen LogP contribution in [-0.4, -0.2) is 38.6 Å². The van der Waals surface area contributed by atoms with Crippen LogP contribution < -0.4 is 15.1 Å². The number of hydrogen-bond acceptors (Lipinski definition) is 2. The summed E-state index contributed by atoms with van der Waals surface area (Å²) in [5.41, 5.74) is 0.277. The molecule has 2 N–H and O–H groups in total. The summed E-state index contributed by atoms with van der Waals surface area (Å²) in [7, 11) is 0. The highest BCUT2D eigenvalue weighted by atomic mass is 19.4. The second-order valence-corrected chi connectivity index (χ2v) is 6.52. The number of halogens is 4. The van der Waals surface area contributed by atoms with E-state index in [1.165, 1.54) is 24.3 Å². The molecule has 2 aromatic rings. The first-order chi connectivity index (χ1) is 12.8. The van der Waals surface area contributed by atoms with E-state index in [-0.39, 0.29) is 12.5 Å². The number of nitrogens with one attached hydrogen (secondary N) is 2. The Labute approximate surface area is 154 Å². The van der Waals surface area contributed by atoms with Crippen molar-refractivity contribution in [1.82, 2.24) is 0 Å². The first-order valence-corrected chi connectivity index (χ1v) is 8.62. The van der Waals surface area contributed by atoms with Gasteiger partial charge < -0.3 is 15.1 Å². The van der Waals surface area contributed by atoms with Crippen LogP contribution in [-0.2, 0) is 11.0 Å². The van der Waals surface area contributed by atoms with Gasteiger partial charge in [-0.1, -0.05) is 12.1 Å². The SMILES string of the molecule is O=C(C[NH+]1CCN(c2cccc(C(F)(F)F)c2)CC1)Nc1cccc(F)c1. The first-order valence-electron chi connectivity index (χ1n) is 8.62. The maximum Gasteiger partial charge on any atom is 0.416 e. The lowest BCUT2D eigenvalue weighted by Gasteiger charge is -2.33. The minimum Gasteiger partial charge on any atom is -0.360 e. The van der Waals surface area contributed by atoms with Gasteiger partial charge in [0, 0.05) is 11.4 Å². The third-order valence-electron chi connectivity index (χ3n) is 4.53. The average Bonchev–Trinajstić information content (AvgIpc) is 2.62. The summed E-state index contributed by atoms with van der Waals surface area (Å²) in [4.78, 5) is 15.0. The summed E-state index contributed by atoms with van der Waals surface area (Å²) >= 11 is 0. The topological polar surface area (TPSA) is 36.8 Å². The molecule has 0 atom stereocenters. The number of carbonyl (C=O) groups is 1. The summed E-state index contributed by atoms with van der Waals surface area (Å²) in [6.07, 6.45) is -4.36. The van der Waals surface area contributed by atoms with Crippen molar-refractivity contribution in [3.05, 3.63) is 59.9 Å². The lowest BCUT2D eigenvalue weighted by atomic mass is 10.1. The Morgan fingerprint density at radius 2 is 1.78 bits per heavy atom. The molecule has 3 rings (SSSR count). The van der Waals surface area contributed by atoms with Crippen molar-refractivity contribution in [1.29, 1.82) is 0 Å². The van der Waals surface area contributed by atoms with Gasteiger partial charge in [-0.15, -0.1) is 0 Å². The van der Waals surface area contributed by atoms with Gasteiger partial charge in [-0.25, -0.2) is 4.39 Å². The maximum absolute atomic E-state index is 13.2. The molecule has 144 valence electrons. The second-order valence-electron chi connectivity index (χ2n) is 6.52. The number of anilines is 2. The molecule has 1 heterocycles. The summed E-state index contributed by atoms with van der Waals surface area (Å²) in [6.45, 7) is 2.61. The molecule has 1 saturated heterocycles. The van der Waals surface area contributed by atoms with Crippen LogP contribution in [0.1, 0.15) is 5.56 Å². The molecule has 0 radical (unpaired) electrons. The first kappa shape index (κ1) is 19.2. The molecule has 0 bridgehead atoms. The number of alkyl halides is 3. The Morgan fingerprint density at radius 3 is 2.44 bits per heavy atom. The predicted octanol–water partition coefficient (Wildman–Crippen LogP) is 2.19. The molecule has 1 aliphatic heterocycles. The molecule has 1 aliphatic rings. The zero-order chi connectivity index (χ0) is 19.4. The van der Waals surface area contributed by atoms with Gasteiger partial charge in [0.2, 0.25) is 0 Å². The van der Waals surface area contributed by atoms with Gasteiger partial charge in [0.05, 0.1) is 31.7 Å². The molecule has 2 aromatic carbocycles. The van der Waals surface area contributed by atoms with Crippen molar-refractivity contribution < 1.29 is 27.3 Å². The van der Waals surface area contributed by atoms with Gasteiger partial charge in [-0.05, 0) is 36.4 Å². The Hall–Kier alpha value is -2.61. The fourth-order valence-electron chi connectivity index (χ4n) is 3.14. The highest BCUT2D eigenvalue weighted by Crippen LogP contribution is 2.31. The second kappa shape index (κ2) is 7.96. The van der Waals surface area contributed by atoms with Crippen LogP contribution in [0.25, 0.3) is 0 Å². The van der Waals surface area contributed by atoms with Crippen LogP contribution in [0.2, 0.25) is 0 Å². The van der Waals surface area contributed by atoms with E-state index in [0.29, 0.717) is 37.6 Å². The lowest BCUT2D eigenvalue weighted by molar-refractivity contribution is -0.892. The Morgan fingerprint density at radius 1 is 1.07 bits per heavy atom.